The Hall–Kier alpha value is -1.84. The molecular formula is C13H18NO3+. The van der Waals surface area contributed by atoms with Gasteiger partial charge in [-0.05, 0) is 26.8 Å². The van der Waals surface area contributed by atoms with Crippen LogP contribution in [0.1, 0.15) is 18.1 Å². The quantitative estimate of drug-likeness (QED) is 0.374. The third kappa shape index (κ3) is 4.68. The number of pyridine rings is 1. The SMILES string of the molecule is CCOC(=O)/C=C(\O)C[n+]1cc(C)cc(C)c1. The molecular weight excluding hydrogens is 218 g/mol. The largest absolute Gasteiger partial charge is 0.506 e. The van der Waals surface area contributed by atoms with E-state index in [1.807, 2.05) is 36.9 Å². The van der Waals surface area contributed by atoms with E-state index < -0.39 is 5.97 Å². The van der Waals surface area contributed by atoms with Crippen molar-refractivity contribution < 1.29 is 19.2 Å². The average molecular weight is 236 g/mol. The van der Waals surface area contributed by atoms with Gasteiger partial charge < -0.3 is 9.84 Å². The summed E-state index contributed by atoms with van der Waals surface area (Å²) in [4.78, 5) is 11.1. The van der Waals surface area contributed by atoms with E-state index in [-0.39, 0.29) is 12.3 Å². The number of aromatic nitrogens is 1. The fraction of sp³-hybridized carbons (Fsp3) is 0.385. The lowest BCUT2D eigenvalue weighted by Crippen LogP contribution is -2.35. The number of ether oxygens (including phenoxy) is 1. The summed E-state index contributed by atoms with van der Waals surface area (Å²) in [6.07, 6.45) is 4.92. The van der Waals surface area contributed by atoms with E-state index in [1.165, 1.54) is 0 Å². The zero-order chi connectivity index (χ0) is 12.8. The van der Waals surface area contributed by atoms with Crippen molar-refractivity contribution in [3.05, 3.63) is 41.4 Å². The normalized spacial score (nSPS) is 11.4. The summed E-state index contributed by atoms with van der Waals surface area (Å²) in [7, 11) is 0. The number of aryl methyl sites for hydroxylation is 2. The van der Waals surface area contributed by atoms with E-state index in [9.17, 15) is 9.90 Å². The Morgan fingerprint density at radius 2 is 2.00 bits per heavy atom. The number of carbonyl (C=O) groups excluding carboxylic acids is 1. The second-order valence-electron chi connectivity index (χ2n) is 3.95. The molecule has 0 radical (unpaired) electrons. The van der Waals surface area contributed by atoms with Crippen molar-refractivity contribution >= 4 is 5.97 Å². The van der Waals surface area contributed by atoms with Crippen LogP contribution >= 0.6 is 0 Å². The molecule has 0 saturated carbocycles. The molecule has 1 N–H and O–H groups in total. The van der Waals surface area contributed by atoms with Crippen LogP contribution in [0.5, 0.6) is 0 Å². The summed E-state index contributed by atoms with van der Waals surface area (Å²) in [6, 6.07) is 2.04. The minimum Gasteiger partial charge on any atom is -0.506 e. The molecule has 0 aromatic carbocycles. The third-order valence-electron chi connectivity index (χ3n) is 2.11. The number of rotatable bonds is 4. The maximum atomic E-state index is 11.1. The zero-order valence-corrected chi connectivity index (χ0v) is 10.4. The smallest absolute Gasteiger partial charge is 0.334 e. The van der Waals surface area contributed by atoms with Crippen molar-refractivity contribution in [2.75, 3.05) is 6.61 Å². The van der Waals surface area contributed by atoms with Crippen LogP contribution in [-0.2, 0) is 16.1 Å². The van der Waals surface area contributed by atoms with Crippen LogP contribution in [0.3, 0.4) is 0 Å². The molecule has 0 unspecified atom stereocenters. The Balaban J connectivity index is 2.73. The van der Waals surface area contributed by atoms with E-state index in [0.29, 0.717) is 6.61 Å². The first-order valence-electron chi connectivity index (χ1n) is 5.55. The Bertz CT molecular complexity index is 418. The molecule has 0 fully saturated rings. The standard InChI is InChI=1S/C13H17NO3/c1-4-17-13(16)6-12(15)9-14-7-10(2)5-11(3)8-14/h5-8H,4,9H2,1-3H3/p+1. The molecule has 0 aliphatic rings. The summed E-state index contributed by atoms with van der Waals surface area (Å²) in [5.74, 6) is -0.534. The molecule has 1 heterocycles. The van der Waals surface area contributed by atoms with Gasteiger partial charge in [0.2, 0.25) is 6.54 Å². The van der Waals surface area contributed by atoms with Gasteiger partial charge in [0.1, 0.15) is 0 Å². The lowest BCUT2D eigenvalue weighted by Gasteiger charge is -2.00. The van der Waals surface area contributed by atoms with Gasteiger partial charge in [-0.3, -0.25) is 0 Å². The van der Waals surface area contributed by atoms with Crippen LogP contribution < -0.4 is 4.57 Å². The topological polar surface area (TPSA) is 50.4 Å². The Morgan fingerprint density at radius 3 is 2.53 bits per heavy atom. The predicted molar refractivity (Wildman–Crippen MR) is 63.5 cm³/mol. The van der Waals surface area contributed by atoms with Crippen molar-refractivity contribution in [1.82, 2.24) is 0 Å². The van der Waals surface area contributed by atoms with Gasteiger partial charge in [0.05, 0.1) is 12.7 Å². The van der Waals surface area contributed by atoms with Gasteiger partial charge in [0.15, 0.2) is 18.2 Å². The van der Waals surface area contributed by atoms with Gasteiger partial charge >= 0.3 is 5.97 Å². The van der Waals surface area contributed by atoms with Gasteiger partial charge in [-0.2, -0.15) is 4.57 Å². The van der Waals surface area contributed by atoms with Gasteiger partial charge in [-0.15, -0.1) is 0 Å². The highest BCUT2D eigenvalue weighted by Gasteiger charge is 2.08. The summed E-state index contributed by atoms with van der Waals surface area (Å²) >= 11 is 0. The molecule has 1 aromatic heterocycles. The van der Waals surface area contributed by atoms with E-state index in [1.54, 1.807) is 6.92 Å². The predicted octanol–water partition coefficient (Wildman–Crippen LogP) is 1.60. The van der Waals surface area contributed by atoms with Crippen molar-refractivity contribution in [3.63, 3.8) is 0 Å². The maximum absolute atomic E-state index is 11.1. The highest BCUT2D eigenvalue weighted by molar-refractivity contribution is 5.82. The molecule has 0 amide bonds. The minimum absolute atomic E-state index is 0.0153. The number of allylic oxidation sites excluding steroid dienone is 1. The highest BCUT2D eigenvalue weighted by atomic mass is 16.5. The number of aliphatic hydroxyl groups excluding tert-OH is 1. The van der Waals surface area contributed by atoms with Crippen molar-refractivity contribution in [2.24, 2.45) is 0 Å². The number of hydrogen-bond acceptors (Lipinski definition) is 3. The van der Waals surface area contributed by atoms with E-state index in [0.717, 1.165) is 17.2 Å². The second kappa shape index (κ2) is 6.03. The Kier molecular flexibility index (Phi) is 4.69. The molecule has 0 spiro atoms. The number of carbonyl (C=O) groups is 1. The van der Waals surface area contributed by atoms with Crippen LogP contribution in [-0.4, -0.2) is 17.7 Å². The molecule has 0 bridgehead atoms. The van der Waals surface area contributed by atoms with Crippen LogP contribution in [0.25, 0.3) is 0 Å². The van der Waals surface area contributed by atoms with E-state index in [4.69, 9.17) is 4.74 Å². The highest BCUT2D eigenvalue weighted by Crippen LogP contribution is 1.99. The molecule has 17 heavy (non-hydrogen) atoms. The minimum atomic E-state index is -0.519. The van der Waals surface area contributed by atoms with E-state index in [2.05, 4.69) is 0 Å². The lowest BCUT2D eigenvalue weighted by molar-refractivity contribution is -0.692. The Labute approximate surface area is 101 Å². The first-order valence-corrected chi connectivity index (χ1v) is 5.55. The maximum Gasteiger partial charge on any atom is 0.334 e. The molecule has 0 aliphatic heterocycles. The first-order chi connectivity index (χ1) is 8.01. The van der Waals surface area contributed by atoms with Crippen LogP contribution in [0.4, 0.5) is 0 Å². The van der Waals surface area contributed by atoms with Gasteiger partial charge in [-0.1, -0.05) is 0 Å². The van der Waals surface area contributed by atoms with Gasteiger partial charge in [0, 0.05) is 11.1 Å². The number of esters is 1. The molecule has 0 aliphatic carbocycles. The molecule has 0 atom stereocenters. The molecule has 1 aromatic rings. The summed E-state index contributed by atoms with van der Waals surface area (Å²) in [5, 5.41) is 9.62. The van der Waals surface area contributed by atoms with Crippen LogP contribution in [0.15, 0.2) is 30.3 Å². The van der Waals surface area contributed by atoms with Gasteiger partial charge in [0.25, 0.3) is 0 Å². The number of hydrogen-bond donors (Lipinski definition) is 1. The van der Waals surface area contributed by atoms with Crippen LogP contribution in [0.2, 0.25) is 0 Å². The number of nitrogens with zero attached hydrogens (tertiary/aromatic N) is 1. The summed E-state index contributed by atoms with van der Waals surface area (Å²) in [5.41, 5.74) is 2.21. The van der Waals surface area contributed by atoms with Crippen LogP contribution in [0, 0.1) is 13.8 Å². The third-order valence-corrected chi connectivity index (χ3v) is 2.11. The van der Waals surface area contributed by atoms with Crippen molar-refractivity contribution in [3.8, 4) is 0 Å². The molecule has 0 saturated heterocycles. The molecule has 92 valence electrons. The summed E-state index contributed by atoms with van der Waals surface area (Å²) in [6.45, 7) is 6.26. The average Bonchev–Trinajstić information content (AvgIpc) is 2.14. The van der Waals surface area contributed by atoms with Gasteiger partial charge in [-0.25, -0.2) is 4.79 Å². The van der Waals surface area contributed by atoms with Crippen molar-refractivity contribution in [2.45, 2.75) is 27.3 Å². The lowest BCUT2D eigenvalue weighted by atomic mass is 10.2. The fourth-order valence-corrected chi connectivity index (χ4v) is 1.64. The number of aliphatic hydroxyl groups is 1. The second-order valence-corrected chi connectivity index (χ2v) is 3.95. The Morgan fingerprint density at radius 1 is 1.41 bits per heavy atom. The monoisotopic (exact) mass is 236 g/mol. The fourth-order valence-electron chi connectivity index (χ4n) is 1.64. The summed E-state index contributed by atoms with van der Waals surface area (Å²) < 4.78 is 6.54. The molecule has 4 heteroatoms. The zero-order valence-electron chi connectivity index (χ0n) is 10.4. The molecule has 4 nitrogen and oxygen atoms in total. The molecule has 1 rings (SSSR count). The first kappa shape index (κ1) is 13.2. The van der Waals surface area contributed by atoms with E-state index >= 15 is 0 Å². The van der Waals surface area contributed by atoms with Crippen molar-refractivity contribution in [1.29, 1.82) is 0 Å².